The number of carbonyl (C=O) groups excluding carboxylic acids is 1. The first-order valence-corrected chi connectivity index (χ1v) is 7.09. The monoisotopic (exact) mass is 294 g/mol. The van der Waals surface area contributed by atoms with E-state index in [0.717, 1.165) is 5.75 Å². The minimum absolute atomic E-state index is 0.127. The first-order valence-electron chi connectivity index (χ1n) is 6.11. The number of benzene rings is 1. The third-order valence-electron chi connectivity index (χ3n) is 2.18. The van der Waals surface area contributed by atoms with E-state index in [1.807, 2.05) is 30.3 Å². The third-order valence-corrected chi connectivity index (χ3v) is 2.96. The van der Waals surface area contributed by atoms with Crippen LogP contribution in [0.2, 0.25) is 0 Å². The Labute approximate surface area is 120 Å². The van der Waals surface area contributed by atoms with Crippen molar-refractivity contribution in [3.05, 3.63) is 36.2 Å². The first kappa shape index (κ1) is 14.4. The number of esters is 1. The van der Waals surface area contributed by atoms with Gasteiger partial charge in [0.1, 0.15) is 5.75 Å². The second kappa shape index (κ2) is 7.54. The molecule has 0 spiro atoms. The summed E-state index contributed by atoms with van der Waals surface area (Å²) >= 11 is 1.32. The lowest BCUT2D eigenvalue weighted by Crippen LogP contribution is -2.04. The van der Waals surface area contributed by atoms with Crippen LogP contribution in [-0.2, 0) is 4.74 Å². The molecule has 1 aromatic carbocycles. The summed E-state index contributed by atoms with van der Waals surface area (Å²) in [6, 6.07) is 9.52. The van der Waals surface area contributed by atoms with Crippen LogP contribution in [0.5, 0.6) is 5.75 Å². The zero-order valence-electron chi connectivity index (χ0n) is 10.9. The summed E-state index contributed by atoms with van der Waals surface area (Å²) in [5, 5.41) is 7.70. The predicted octanol–water partition coefficient (Wildman–Crippen LogP) is 2.42. The van der Waals surface area contributed by atoms with Gasteiger partial charge in [0.2, 0.25) is 0 Å². The Kier molecular flexibility index (Phi) is 5.43. The van der Waals surface area contributed by atoms with Crippen molar-refractivity contribution < 1.29 is 18.7 Å². The van der Waals surface area contributed by atoms with Gasteiger partial charge in [0.05, 0.1) is 13.2 Å². The third kappa shape index (κ3) is 4.27. The minimum atomic E-state index is -0.604. The number of thioether (sulfide) groups is 1. The van der Waals surface area contributed by atoms with Gasteiger partial charge in [0.15, 0.2) is 0 Å². The van der Waals surface area contributed by atoms with E-state index in [-0.39, 0.29) is 12.5 Å². The molecule has 1 aromatic heterocycles. The molecule has 7 heteroatoms. The lowest BCUT2D eigenvalue weighted by Gasteiger charge is -2.03. The lowest BCUT2D eigenvalue weighted by molar-refractivity contribution is 0.0475. The Morgan fingerprint density at radius 1 is 1.30 bits per heavy atom. The first-order chi connectivity index (χ1) is 9.79. The highest BCUT2D eigenvalue weighted by Crippen LogP contribution is 2.17. The van der Waals surface area contributed by atoms with Crippen molar-refractivity contribution in [1.82, 2.24) is 10.2 Å². The molecule has 0 atom stereocenters. The second-order valence-corrected chi connectivity index (χ2v) is 4.65. The van der Waals surface area contributed by atoms with Crippen LogP contribution in [0.3, 0.4) is 0 Å². The molecule has 0 aliphatic rings. The summed E-state index contributed by atoms with van der Waals surface area (Å²) in [6.45, 7) is 2.49. The molecular formula is C13H14N2O4S. The molecule has 0 saturated heterocycles. The molecule has 0 aliphatic heterocycles. The van der Waals surface area contributed by atoms with Crippen LogP contribution in [0.1, 0.15) is 17.6 Å². The van der Waals surface area contributed by atoms with Crippen molar-refractivity contribution in [2.75, 3.05) is 19.0 Å². The predicted molar refractivity (Wildman–Crippen MR) is 72.9 cm³/mol. The van der Waals surface area contributed by atoms with Gasteiger partial charge < -0.3 is 13.9 Å². The van der Waals surface area contributed by atoms with Crippen molar-refractivity contribution in [2.45, 2.75) is 12.1 Å². The molecule has 2 rings (SSSR count). The van der Waals surface area contributed by atoms with E-state index in [4.69, 9.17) is 13.9 Å². The van der Waals surface area contributed by atoms with Crippen molar-refractivity contribution in [1.29, 1.82) is 0 Å². The van der Waals surface area contributed by atoms with Gasteiger partial charge in [-0.25, -0.2) is 4.79 Å². The number of aromatic nitrogens is 2. The zero-order chi connectivity index (χ0) is 14.2. The largest absolute Gasteiger partial charge is 0.493 e. The smallest absolute Gasteiger partial charge is 0.396 e. The fraction of sp³-hybridized carbons (Fsp3) is 0.308. The Hall–Kier alpha value is -2.02. The molecule has 2 aromatic rings. The van der Waals surface area contributed by atoms with Crippen LogP contribution in [0.25, 0.3) is 0 Å². The normalized spacial score (nSPS) is 10.2. The molecule has 0 aliphatic carbocycles. The summed E-state index contributed by atoms with van der Waals surface area (Å²) < 4.78 is 15.4. The van der Waals surface area contributed by atoms with Crippen LogP contribution in [0.4, 0.5) is 0 Å². The maximum absolute atomic E-state index is 11.3. The summed E-state index contributed by atoms with van der Waals surface area (Å²) in [6.07, 6.45) is 0. The molecule has 0 fully saturated rings. The maximum Gasteiger partial charge on any atom is 0.396 e. The quantitative estimate of drug-likeness (QED) is 0.441. The van der Waals surface area contributed by atoms with Gasteiger partial charge in [0.25, 0.3) is 5.22 Å². The second-order valence-electron chi connectivity index (χ2n) is 3.60. The summed E-state index contributed by atoms with van der Waals surface area (Å²) in [5.74, 6) is 0.718. The molecule has 0 N–H and O–H groups in total. The zero-order valence-corrected chi connectivity index (χ0v) is 11.8. The maximum atomic E-state index is 11.3. The fourth-order valence-electron chi connectivity index (χ4n) is 1.35. The Balaban J connectivity index is 1.73. The van der Waals surface area contributed by atoms with Gasteiger partial charge in [-0.2, -0.15) is 0 Å². The summed E-state index contributed by atoms with van der Waals surface area (Å²) in [5.41, 5.74) is 0. The molecule has 0 amide bonds. The highest BCUT2D eigenvalue weighted by molar-refractivity contribution is 7.99. The average molecular weight is 294 g/mol. The van der Waals surface area contributed by atoms with Gasteiger partial charge in [-0.15, -0.1) is 5.10 Å². The number of hydrogen-bond acceptors (Lipinski definition) is 7. The molecule has 1 heterocycles. The van der Waals surface area contributed by atoms with Crippen LogP contribution >= 0.6 is 11.8 Å². The standard InChI is InChI=1S/C13H14N2O4S/c1-2-17-12(16)11-14-15-13(19-11)20-9-8-18-10-6-4-3-5-7-10/h3-7H,2,8-9H2,1H3. The average Bonchev–Trinajstić information content (AvgIpc) is 2.94. The topological polar surface area (TPSA) is 74.5 Å². The SMILES string of the molecule is CCOC(=O)c1nnc(SCCOc2ccccc2)o1. The molecule has 0 saturated carbocycles. The van der Waals surface area contributed by atoms with Crippen molar-refractivity contribution in [3.8, 4) is 5.75 Å². The van der Waals surface area contributed by atoms with E-state index in [9.17, 15) is 4.79 Å². The number of para-hydroxylation sites is 1. The van der Waals surface area contributed by atoms with Crippen LogP contribution in [0, 0.1) is 0 Å². The van der Waals surface area contributed by atoms with Crippen LogP contribution in [0.15, 0.2) is 40.0 Å². The number of rotatable bonds is 7. The number of nitrogens with zero attached hydrogens (tertiary/aromatic N) is 2. The van der Waals surface area contributed by atoms with Gasteiger partial charge in [0, 0.05) is 5.75 Å². The number of carbonyl (C=O) groups is 1. The number of hydrogen-bond donors (Lipinski definition) is 0. The van der Waals surface area contributed by atoms with Gasteiger partial charge in [-0.3, -0.25) is 0 Å². The Morgan fingerprint density at radius 2 is 2.10 bits per heavy atom. The van der Waals surface area contributed by atoms with Crippen molar-refractivity contribution >= 4 is 17.7 Å². The van der Waals surface area contributed by atoms with E-state index >= 15 is 0 Å². The van der Waals surface area contributed by atoms with Crippen LogP contribution < -0.4 is 4.74 Å². The Bertz CT molecular complexity index is 544. The van der Waals surface area contributed by atoms with E-state index < -0.39 is 5.97 Å². The van der Waals surface area contributed by atoms with Gasteiger partial charge in [-0.1, -0.05) is 35.1 Å². The lowest BCUT2D eigenvalue weighted by atomic mass is 10.3. The van der Waals surface area contributed by atoms with Crippen molar-refractivity contribution in [2.24, 2.45) is 0 Å². The molecular weight excluding hydrogens is 280 g/mol. The van der Waals surface area contributed by atoms with E-state index in [1.54, 1.807) is 6.92 Å². The number of ether oxygens (including phenoxy) is 2. The van der Waals surface area contributed by atoms with Gasteiger partial charge >= 0.3 is 11.9 Å². The molecule has 0 radical (unpaired) electrons. The van der Waals surface area contributed by atoms with Gasteiger partial charge in [-0.05, 0) is 19.1 Å². The minimum Gasteiger partial charge on any atom is -0.493 e. The highest BCUT2D eigenvalue weighted by Gasteiger charge is 2.15. The van der Waals surface area contributed by atoms with Crippen molar-refractivity contribution in [3.63, 3.8) is 0 Å². The molecule has 6 nitrogen and oxygen atoms in total. The summed E-state index contributed by atoms with van der Waals surface area (Å²) in [4.78, 5) is 11.3. The highest BCUT2D eigenvalue weighted by atomic mass is 32.2. The summed E-state index contributed by atoms with van der Waals surface area (Å²) in [7, 11) is 0. The molecule has 20 heavy (non-hydrogen) atoms. The fourth-order valence-corrected chi connectivity index (χ4v) is 1.93. The van der Waals surface area contributed by atoms with E-state index in [0.29, 0.717) is 17.6 Å². The molecule has 0 unspecified atom stereocenters. The van der Waals surface area contributed by atoms with E-state index in [2.05, 4.69) is 10.2 Å². The molecule has 0 bridgehead atoms. The van der Waals surface area contributed by atoms with E-state index in [1.165, 1.54) is 11.8 Å². The Morgan fingerprint density at radius 3 is 2.85 bits per heavy atom. The van der Waals surface area contributed by atoms with Crippen LogP contribution in [-0.4, -0.2) is 35.1 Å². The molecule has 106 valence electrons.